The van der Waals surface area contributed by atoms with E-state index in [1.54, 1.807) is 7.11 Å². The van der Waals surface area contributed by atoms with Crippen LogP contribution in [0.15, 0.2) is 36.7 Å². The molecule has 1 atom stereocenters. The van der Waals surface area contributed by atoms with Crippen molar-refractivity contribution in [2.24, 2.45) is 0 Å². The molecule has 4 aromatic rings. The van der Waals surface area contributed by atoms with E-state index in [4.69, 9.17) is 9.72 Å². The number of nitrogens with zero attached hydrogens (tertiary/aromatic N) is 4. The first-order valence-electron chi connectivity index (χ1n) is 10.6. The molecule has 7 nitrogen and oxygen atoms in total. The normalized spacial score (nSPS) is 18.2. The molecule has 1 aliphatic carbocycles. The van der Waals surface area contributed by atoms with Crippen molar-refractivity contribution in [1.82, 2.24) is 30.3 Å². The van der Waals surface area contributed by atoms with E-state index in [0.717, 1.165) is 66.1 Å². The molecule has 3 aromatic heterocycles. The fourth-order valence-electron chi connectivity index (χ4n) is 4.85. The summed E-state index contributed by atoms with van der Waals surface area (Å²) in [5, 5.41) is 15.7. The van der Waals surface area contributed by atoms with Crippen molar-refractivity contribution in [2.45, 2.75) is 31.7 Å². The second-order valence-corrected chi connectivity index (χ2v) is 8.16. The first-order valence-corrected chi connectivity index (χ1v) is 10.6. The van der Waals surface area contributed by atoms with E-state index in [1.165, 1.54) is 23.1 Å². The van der Waals surface area contributed by atoms with Gasteiger partial charge in [0.05, 0.1) is 24.9 Å². The van der Waals surface area contributed by atoms with E-state index in [-0.39, 0.29) is 0 Å². The first-order chi connectivity index (χ1) is 14.8. The highest BCUT2D eigenvalue weighted by Crippen LogP contribution is 2.38. The maximum absolute atomic E-state index is 5.72. The number of H-pyrrole nitrogens is 1. The molecule has 1 saturated heterocycles. The lowest BCUT2D eigenvalue weighted by molar-refractivity contribution is 0.415. The predicted molar refractivity (Wildman–Crippen MR) is 116 cm³/mol. The lowest BCUT2D eigenvalue weighted by atomic mass is 9.99. The zero-order chi connectivity index (χ0) is 20.1. The number of hydrogen-bond acceptors (Lipinski definition) is 5. The van der Waals surface area contributed by atoms with Gasteiger partial charge in [0, 0.05) is 29.9 Å². The predicted octanol–water partition coefficient (Wildman–Crippen LogP) is 3.52. The summed E-state index contributed by atoms with van der Waals surface area (Å²) >= 11 is 0. The Balaban J connectivity index is 1.49. The van der Waals surface area contributed by atoms with Gasteiger partial charge >= 0.3 is 0 Å². The van der Waals surface area contributed by atoms with Crippen molar-refractivity contribution in [2.75, 3.05) is 20.2 Å². The minimum absolute atomic E-state index is 0.402. The number of benzene rings is 1. The number of nitrogens with one attached hydrogen (secondary N) is 2. The fourth-order valence-corrected chi connectivity index (χ4v) is 4.85. The molecule has 30 heavy (non-hydrogen) atoms. The van der Waals surface area contributed by atoms with Gasteiger partial charge in [0.1, 0.15) is 22.7 Å². The highest BCUT2D eigenvalue weighted by molar-refractivity contribution is 5.92. The highest BCUT2D eigenvalue weighted by Gasteiger charge is 2.22. The summed E-state index contributed by atoms with van der Waals surface area (Å²) in [6.07, 6.45) is 8.50. The zero-order valence-corrected chi connectivity index (χ0v) is 17.0. The van der Waals surface area contributed by atoms with E-state index in [0.29, 0.717) is 6.04 Å². The Morgan fingerprint density at radius 1 is 1.20 bits per heavy atom. The van der Waals surface area contributed by atoms with Gasteiger partial charge in [-0.3, -0.25) is 9.78 Å². The summed E-state index contributed by atoms with van der Waals surface area (Å²) < 4.78 is 7.77. The van der Waals surface area contributed by atoms with E-state index in [1.807, 2.05) is 16.9 Å². The van der Waals surface area contributed by atoms with Crippen LogP contribution in [0.4, 0.5) is 0 Å². The van der Waals surface area contributed by atoms with Gasteiger partial charge in [0.2, 0.25) is 0 Å². The van der Waals surface area contributed by atoms with Gasteiger partial charge in [0.15, 0.2) is 0 Å². The molecular formula is C23H24N6O. The number of hydrogen-bond donors (Lipinski definition) is 2. The molecule has 7 heteroatoms. The van der Waals surface area contributed by atoms with Crippen LogP contribution in [-0.2, 0) is 12.8 Å². The average Bonchev–Trinajstić information content (AvgIpc) is 3.57. The number of aromatic nitrogens is 5. The molecular weight excluding hydrogens is 376 g/mol. The topological polar surface area (TPSA) is 80.6 Å². The van der Waals surface area contributed by atoms with E-state index < -0.39 is 0 Å². The Labute approximate surface area is 174 Å². The minimum Gasteiger partial charge on any atom is -0.494 e. The van der Waals surface area contributed by atoms with Gasteiger partial charge < -0.3 is 10.1 Å². The van der Waals surface area contributed by atoms with Crippen LogP contribution in [0.2, 0.25) is 0 Å². The largest absolute Gasteiger partial charge is 0.494 e. The zero-order valence-electron chi connectivity index (χ0n) is 17.0. The second kappa shape index (κ2) is 6.95. The van der Waals surface area contributed by atoms with Crippen LogP contribution in [0.3, 0.4) is 0 Å². The Hall–Kier alpha value is -3.19. The molecule has 0 bridgehead atoms. The molecule has 0 amide bonds. The van der Waals surface area contributed by atoms with E-state index in [9.17, 15) is 0 Å². The third kappa shape index (κ3) is 2.73. The maximum Gasteiger partial charge on any atom is 0.147 e. The van der Waals surface area contributed by atoms with Crippen LogP contribution >= 0.6 is 0 Å². The summed E-state index contributed by atoms with van der Waals surface area (Å²) in [7, 11) is 1.70. The van der Waals surface area contributed by atoms with E-state index >= 15 is 0 Å². The molecule has 0 unspecified atom stereocenters. The van der Waals surface area contributed by atoms with Crippen LogP contribution in [0.5, 0.6) is 5.75 Å². The highest BCUT2D eigenvalue weighted by atomic mass is 16.5. The summed E-state index contributed by atoms with van der Waals surface area (Å²) in [6, 6.07) is 8.92. The molecule has 6 rings (SSSR count). The third-order valence-electron chi connectivity index (χ3n) is 6.40. The average molecular weight is 400 g/mol. The SMILES string of the molecule is COc1cc2[nH]nc(-c3cnn([C@H]4CCNC4)c3)c2nc1-c1cccc2c1CCC2. The Kier molecular flexibility index (Phi) is 4.09. The summed E-state index contributed by atoms with van der Waals surface area (Å²) in [6.45, 7) is 2.00. The molecule has 0 radical (unpaired) electrons. The van der Waals surface area contributed by atoms with Crippen LogP contribution in [0.1, 0.15) is 30.0 Å². The van der Waals surface area contributed by atoms with Crippen molar-refractivity contribution in [1.29, 1.82) is 0 Å². The summed E-state index contributed by atoms with van der Waals surface area (Å²) in [4.78, 5) is 5.07. The number of ether oxygens (including phenoxy) is 1. The van der Waals surface area contributed by atoms with Crippen LogP contribution in [0, 0.1) is 0 Å². The molecule has 1 aliphatic heterocycles. The lowest BCUT2D eigenvalue weighted by Crippen LogP contribution is -2.13. The van der Waals surface area contributed by atoms with Crippen molar-refractivity contribution in [3.05, 3.63) is 47.8 Å². The minimum atomic E-state index is 0.402. The standard InChI is InChI=1S/C23H24N6O/c1-30-20-10-19-23(26-22(20)18-7-3-5-14-4-2-6-17(14)18)21(28-27-19)15-11-25-29(13-15)16-8-9-24-12-16/h3,5,7,10-11,13,16,24H,2,4,6,8-9,12H2,1H3,(H,27,28)/t16-/m0/s1. The number of aromatic amines is 1. The Morgan fingerprint density at radius 2 is 2.17 bits per heavy atom. The Morgan fingerprint density at radius 3 is 3.03 bits per heavy atom. The van der Waals surface area contributed by atoms with E-state index in [2.05, 4.69) is 45.0 Å². The summed E-state index contributed by atoms with van der Waals surface area (Å²) in [5.74, 6) is 0.769. The molecule has 0 saturated carbocycles. The molecule has 4 heterocycles. The number of pyridine rings is 1. The number of aryl methyl sites for hydroxylation is 1. The Bertz CT molecular complexity index is 1230. The van der Waals surface area contributed by atoms with Gasteiger partial charge in [-0.1, -0.05) is 18.2 Å². The number of rotatable bonds is 4. The van der Waals surface area contributed by atoms with Gasteiger partial charge in [0.25, 0.3) is 0 Å². The molecule has 152 valence electrons. The molecule has 2 aliphatic rings. The van der Waals surface area contributed by atoms with Gasteiger partial charge in [-0.05, 0) is 43.4 Å². The van der Waals surface area contributed by atoms with Crippen molar-refractivity contribution in [3.8, 4) is 28.3 Å². The lowest BCUT2D eigenvalue weighted by Gasteiger charge is -2.12. The third-order valence-corrected chi connectivity index (χ3v) is 6.40. The van der Waals surface area contributed by atoms with Crippen molar-refractivity contribution < 1.29 is 4.74 Å². The number of fused-ring (bicyclic) bond motifs is 2. The quantitative estimate of drug-likeness (QED) is 0.548. The van der Waals surface area contributed by atoms with Gasteiger partial charge in [-0.15, -0.1) is 0 Å². The molecule has 1 aromatic carbocycles. The molecule has 2 N–H and O–H groups in total. The summed E-state index contributed by atoms with van der Waals surface area (Å²) in [5.41, 5.74) is 8.42. The van der Waals surface area contributed by atoms with Crippen LogP contribution in [0.25, 0.3) is 33.5 Å². The number of methoxy groups -OCH3 is 1. The molecule has 1 fully saturated rings. The monoisotopic (exact) mass is 400 g/mol. The van der Waals surface area contributed by atoms with Gasteiger partial charge in [-0.25, -0.2) is 4.98 Å². The smallest absolute Gasteiger partial charge is 0.147 e. The van der Waals surface area contributed by atoms with Crippen LogP contribution in [-0.4, -0.2) is 45.2 Å². The van der Waals surface area contributed by atoms with Crippen molar-refractivity contribution in [3.63, 3.8) is 0 Å². The second-order valence-electron chi connectivity index (χ2n) is 8.16. The van der Waals surface area contributed by atoms with Gasteiger partial charge in [-0.2, -0.15) is 10.2 Å². The van der Waals surface area contributed by atoms with Crippen molar-refractivity contribution >= 4 is 11.0 Å². The fraction of sp³-hybridized carbons (Fsp3) is 0.348. The maximum atomic E-state index is 5.72. The van der Waals surface area contributed by atoms with Crippen LogP contribution < -0.4 is 10.1 Å². The molecule has 0 spiro atoms. The first kappa shape index (κ1) is 17.7.